The van der Waals surface area contributed by atoms with Gasteiger partial charge >= 0.3 is 0 Å². The molecule has 1 saturated heterocycles. The lowest BCUT2D eigenvalue weighted by atomic mass is 9.83. The number of fused-ring (bicyclic) bond motifs is 5. The van der Waals surface area contributed by atoms with Gasteiger partial charge in [0.2, 0.25) is 5.91 Å². The zero-order valence-electron chi connectivity index (χ0n) is 15.9. The summed E-state index contributed by atoms with van der Waals surface area (Å²) < 4.78 is 0.968. The van der Waals surface area contributed by atoms with E-state index in [0.29, 0.717) is 6.54 Å². The van der Waals surface area contributed by atoms with Crippen LogP contribution in [0.3, 0.4) is 0 Å². The summed E-state index contributed by atoms with van der Waals surface area (Å²) in [4.78, 5) is 31.5. The third-order valence-corrected chi connectivity index (χ3v) is 6.41. The molecule has 0 unspecified atom stereocenters. The van der Waals surface area contributed by atoms with Crippen molar-refractivity contribution in [3.05, 3.63) is 69.8 Å². The normalized spacial score (nSPS) is 21.7. The summed E-state index contributed by atoms with van der Waals surface area (Å²) in [6.07, 6.45) is 2.35. The van der Waals surface area contributed by atoms with Gasteiger partial charge in [-0.1, -0.05) is 46.3 Å². The van der Waals surface area contributed by atoms with Crippen molar-refractivity contribution in [3.63, 3.8) is 0 Å². The van der Waals surface area contributed by atoms with Crippen molar-refractivity contribution in [2.45, 2.75) is 18.9 Å². The zero-order chi connectivity index (χ0) is 20.2. The van der Waals surface area contributed by atoms with Crippen LogP contribution in [0.15, 0.2) is 58.1 Å². The molecule has 29 heavy (non-hydrogen) atoms. The van der Waals surface area contributed by atoms with Gasteiger partial charge in [-0.15, -0.1) is 0 Å². The van der Waals surface area contributed by atoms with Crippen LogP contribution in [0.5, 0.6) is 0 Å². The number of aromatic nitrogens is 1. The molecular weight excluding hydrogens is 432 g/mol. The molecule has 0 aliphatic carbocycles. The van der Waals surface area contributed by atoms with Gasteiger partial charge in [-0.25, -0.2) is 5.01 Å². The number of piperazine rings is 1. The molecule has 2 aliphatic heterocycles. The summed E-state index contributed by atoms with van der Waals surface area (Å²) in [6, 6.07) is 15.6. The van der Waals surface area contributed by atoms with E-state index in [0.717, 1.165) is 38.6 Å². The van der Waals surface area contributed by atoms with Gasteiger partial charge in [0.1, 0.15) is 6.54 Å². The summed E-state index contributed by atoms with van der Waals surface area (Å²) in [6.45, 7) is 2.30. The van der Waals surface area contributed by atoms with Crippen molar-refractivity contribution >= 4 is 44.9 Å². The number of hydrogen-bond donors (Lipinski definition) is 1. The van der Waals surface area contributed by atoms with Gasteiger partial charge in [-0.05, 0) is 42.7 Å². The Morgan fingerprint density at radius 1 is 1.14 bits per heavy atom. The van der Waals surface area contributed by atoms with E-state index in [1.54, 1.807) is 11.1 Å². The summed E-state index contributed by atoms with van der Waals surface area (Å²) >= 11 is 3.40. The molecule has 1 fully saturated rings. The number of hydrazone groups is 1. The number of rotatable bonds is 2. The average molecular weight is 451 g/mol. The van der Waals surface area contributed by atoms with Crippen LogP contribution in [0.1, 0.15) is 23.7 Å². The minimum absolute atomic E-state index is 0.0446. The number of amides is 2. The number of aromatic amines is 1. The molecule has 7 heteroatoms. The predicted molar refractivity (Wildman–Crippen MR) is 115 cm³/mol. The van der Waals surface area contributed by atoms with Crippen LogP contribution in [0, 0.1) is 0 Å². The molecule has 5 rings (SSSR count). The third kappa shape index (κ3) is 2.72. The summed E-state index contributed by atoms with van der Waals surface area (Å²) in [7, 11) is 0. The number of carbonyl (C=O) groups excluding carboxylic acids is 2. The second kappa shape index (κ2) is 6.56. The fraction of sp³-hybridized carbons (Fsp3) is 0.227. The Labute approximate surface area is 176 Å². The molecular formula is C22H19BrN4O2. The maximum absolute atomic E-state index is 13.5. The highest BCUT2D eigenvalue weighted by molar-refractivity contribution is 9.10. The fourth-order valence-corrected chi connectivity index (χ4v) is 4.63. The molecule has 1 N–H and O–H groups in total. The largest absolute Gasteiger partial charge is 0.356 e. The van der Waals surface area contributed by atoms with Crippen LogP contribution in [-0.4, -0.2) is 46.0 Å². The molecule has 0 spiro atoms. The van der Waals surface area contributed by atoms with Crippen molar-refractivity contribution in [1.29, 1.82) is 0 Å². The van der Waals surface area contributed by atoms with Gasteiger partial charge in [0.05, 0.1) is 11.9 Å². The zero-order valence-corrected chi connectivity index (χ0v) is 17.4. The number of nitrogens with one attached hydrogen (secondary N) is 1. The Bertz CT molecular complexity index is 1170. The molecule has 0 radical (unpaired) electrons. The molecule has 2 amide bonds. The fourth-order valence-electron chi connectivity index (χ4n) is 4.37. The number of para-hydroxylation sites is 1. The summed E-state index contributed by atoms with van der Waals surface area (Å²) in [5.41, 5.74) is 2.66. The van der Waals surface area contributed by atoms with Gasteiger partial charge < -0.3 is 9.88 Å². The lowest BCUT2D eigenvalue weighted by Gasteiger charge is -2.48. The monoisotopic (exact) mass is 450 g/mol. The van der Waals surface area contributed by atoms with Gasteiger partial charge in [-0.2, -0.15) is 5.10 Å². The van der Waals surface area contributed by atoms with Crippen LogP contribution < -0.4 is 0 Å². The standard InChI is InChI=1S/C22H19BrN4O2/c1-22-20-17(16-4-2-3-5-18(16)25-20)10-11-26(22)19(28)13-27(21(22)29)24-12-14-6-8-15(23)9-7-14/h2-9,12,25H,10-11,13H2,1H3/t22-/m1/s1. The molecule has 2 aromatic carbocycles. The van der Waals surface area contributed by atoms with Gasteiger partial charge in [-0.3, -0.25) is 9.59 Å². The average Bonchev–Trinajstić information content (AvgIpc) is 3.11. The molecule has 3 aromatic rings. The van der Waals surface area contributed by atoms with Gasteiger partial charge in [0.25, 0.3) is 5.91 Å². The number of halogens is 1. The van der Waals surface area contributed by atoms with Crippen LogP contribution in [0.25, 0.3) is 10.9 Å². The Morgan fingerprint density at radius 3 is 2.69 bits per heavy atom. The first-order valence-corrected chi connectivity index (χ1v) is 10.3. The quantitative estimate of drug-likeness (QED) is 0.607. The van der Waals surface area contributed by atoms with E-state index in [4.69, 9.17) is 0 Å². The first-order chi connectivity index (χ1) is 14.0. The molecule has 3 heterocycles. The van der Waals surface area contributed by atoms with Crippen LogP contribution in [-0.2, 0) is 21.5 Å². The lowest BCUT2D eigenvalue weighted by molar-refractivity contribution is -0.165. The number of benzene rings is 2. The van der Waals surface area contributed by atoms with Crippen molar-refractivity contribution in [1.82, 2.24) is 14.9 Å². The molecule has 146 valence electrons. The Hall–Kier alpha value is -2.93. The second-order valence-electron chi connectivity index (χ2n) is 7.55. The van der Waals surface area contributed by atoms with Crippen LogP contribution >= 0.6 is 15.9 Å². The van der Waals surface area contributed by atoms with Crippen molar-refractivity contribution in [2.24, 2.45) is 5.10 Å². The van der Waals surface area contributed by atoms with E-state index in [1.807, 2.05) is 49.4 Å². The smallest absolute Gasteiger partial charge is 0.275 e. The topological polar surface area (TPSA) is 68.8 Å². The SMILES string of the molecule is C[C@@]12C(=O)N(N=Cc3ccc(Br)cc3)CC(=O)N1CCc1c2[nH]c2ccccc12. The van der Waals surface area contributed by atoms with E-state index in [9.17, 15) is 9.59 Å². The highest BCUT2D eigenvalue weighted by Gasteiger charge is 2.54. The minimum atomic E-state index is -1.08. The molecule has 2 aliphatic rings. The maximum atomic E-state index is 13.5. The first-order valence-electron chi connectivity index (χ1n) is 9.50. The Balaban J connectivity index is 1.56. The van der Waals surface area contributed by atoms with E-state index < -0.39 is 5.54 Å². The number of carbonyl (C=O) groups is 2. The van der Waals surface area contributed by atoms with Gasteiger partial charge in [0.15, 0.2) is 5.54 Å². The molecule has 0 saturated carbocycles. The Kier molecular flexibility index (Phi) is 4.10. The van der Waals surface area contributed by atoms with Crippen LogP contribution in [0.4, 0.5) is 0 Å². The summed E-state index contributed by atoms with van der Waals surface area (Å²) in [5, 5.41) is 6.76. The molecule has 0 bridgehead atoms. The minimum Gasteiger partial charge on any atom is -0.356 e. The number of H-pyrrole nitrogens is 1. The summed E-state index contributed by atoms with van der Waals surface area (Å²) in [5.74, 6) is -0.290. The van der Waals surface area contributed by atoms with Gasteiger partial charge in [0, 0.05) is 21.9 Å². The van der Waals surface area contributed by atoms with Crippen molar-refractivity contribution in [3.8, 4) is 0 Å². The lowest BCUT2D eigenvalue weighted by Crippen LogP contribution is -2.65. The maximum Gasteiger partial charge on any atom is 0.275 e. The van der Waals surface area contributed by atoms with Crippen LogP contribution in [0.2, 0.25) is 0 Å². The van der Waals surface area contributed by atoms with E-state index >= 15 is 0 Å². The van der Waals surface area contributed by atoms with Crippen molar-refractivity contribution < 1.29 is 9.59 Å². The van der Waals surface area contributed by atoms with Crippen molar-refractivity contribution in [2.75, 3.05) is 13.1 Å². The van der Waals surface area contributed by atoms with E-state index in [1.165, 1.54) is 5.01 Å². The predicted octanol–water partition coefficient (Wildman–Crippen LogP) is 3.41. The molecule has 1 atom stereocenters. The Morgan fingerprint density at radius 2 is 1.90 bits per heavy atom. The number of nitrogens with zero attached hydrogens (tertiary/aromatic N) is 3. The van der Waals surface area contributed by atoms with E-state index in [-0.39, 0.29) is 18.4 Å². The molecule has 1 aromatic heterocycles. The highest BCUT2D eigenvalue weighted by atomic mass is 79.9. The second-order valence-corrected chi connectivity index (χ2v) is 8.47. The number of hydrogen-bond acceptors (Lipinski definition) is 3. The molecule has 6 nitrogen and oxygen atoms in total. The first kappa shape index (κ1) is 18.1. The third-order valence-electron chi connectivity index (χ3n) is 5.88. The highest BCUT2D eigenvalue weighted by Crippen LogP contribution is 2.41. The van der Waals surface area contributed by atoms with E-state index in [2.05, 4.69) is 32.1 Å².